The van der Waals surface area contributed by atoms with Crippen LogP contribution in [0, 0.1) is 0 Å². The predicted octanol–water partition coefficient (Wildman–Crippen LogP) is 4.71. The highest BCUT2D eigenvalue weighted by Crippen LogP contribution is 2.40. The highest BCUT2D eigenvalue weighted by Gasteiger charge is 2.23. The van der Waals surface area contributed by atoms with E-state index in [2.05, 4.69) is 24.3 Å². The highest BCUT2D eigenvalue weighted by molar-refractivity contribution is 6.00. The predicted molar refractivity (Wildman–Crippen MR) is 91.5 cm³/mol. The third-order valence-corrected chi connectivity index (χ3v) is 4.42. The molecule has 0 saturated carbocycles. The molecule has 1 aliphatic carbocycles. The minimum atomic E-state index is -0.295. The van der Waals surface area contributed by atoms with Crippen LogP contribution >= 0.6 is 0 Å². The molecule has 0 amide bonds. The zero-order chi connectivity index (χ0) is 15.8. The first kappa shape index (κ1) is 13.8. The number of carbonyl (C=O) groups excluding carboxylic acids is 1. The second kappa shape index (κ2) is 5.40. The van der Waals surface area contributed by atoms with Crippen LogP contribution in [0.4, 0.5) is 0 Å². The van der Waals surface area contributed by atoms with Crippen molar-refractivity contribution in [2.45, 2.75) is 6.42 Å². The Hall–Kier alpha value is -2.87. The minimum Gasteiger partial charge on any atom is -0.465 e. The number of methoxy groups -OCH3 is 1. The summed E-state index contributed by atoms with van der Waals surface area (Å²) in [7, 11) is 1.43. The summed E-state index contributed by atoms with van der Waals surface area (Å²) in [5, 5.41) is 0. The molecular formula is C21H16O2. The van der Waals surface area contributed by atoms with E-state index in [1.165, 1.54) is 23.8 Å². The summed E-state index contributed by atoms with van der Waals surface area (Å²) in [5.41, 5.74) is 7.51. The molecule has 4 rings (SSSR count). The molecule has 0 aliphatic heterocycles. The molecule has 1 aliphatic rings. The van der Waals surface area contributed by atoms with Gasteiger partial charge < -0.3 is 4.74 Å². The summed E-state index contributed by atoms with van der Waals surface area (Å²) in [6.45, 7) is 0. The number of hydrogen-bond donors (Lipinski definition) is 0. The van der Waals surface area contributed by atoms with Crippen LogP contribution in [0.5, 0.6) is 0 Å². The summed E-state index contributed by atoms with van der Waals surface area (Å²) in [6.07, 6.45) is 0.910. The van der Waals surface area contributed by atoms with Crippen LogP contribution in [-0.4, -0.2) is 13.1 Å². The summed E-state index contributed by atoms with van der Waals surface area (Å²) >= 11 is 0. The first-order valence-corrected chi connectivity index (χ1v) is 7.67. The van der Waals surface area contributed by atoms with E-state index in [1.807, 2.05) is 42.5 Å². The Morgan fingerprint density at radius 2 is 1.57 bits per heavy atom. The quantitative estimate of drug-likeness (QED) is 0.501. The molecule has 0 saturated heterocycles. The summed E-state index contributed by atoms with van der Waals surface area (Å²) in [5.74, 6) is -0.295. The van der Waals surface area contributed by atoms with Crippen LogP contribution in [0.3, 0.4) is 0 Å². The monoisotopic (exact) mass is 300 g/mol. The fourth-order valence-corrected chi connectivity index (χ4v) is 3.32. The zero-order valence-corrected chi connectivity index (χ0v) is 12.9. The zero-order valence-electron chi connectivity index (χ0n) is 12.9. The van der Waals surface area contributed by atoms with Crippen LogP contribution in [0.15, 0.2) is 66.7 Å². The van der Waals surface area contributed by atoms with Crippen LogP contribution in [-0.2, 0) is 11.2 Å². The summed E-state index contributed by atoms with van der Waals surface area (Å²) in [6, 6.07) is 22.5. The van der Waals surface area contributed by atoms with Crippen molar-refractivity contribution in [3.05, 3.63) is 83.4 Å². The maximum absolute atomic E-state index is 12.3. The number of benzene rings is 3. The first-order valence-electron chi connectivity index (χ1n) is 7.67. The molecule has 0 aromatic heterocycles. The van der Waals surface area contributed by atoms with E-state index in [4.69, 9.17) is 4.74 Å². The average molecular weight is 300 g/mol. The van der Waals surface area contributed by atoms with Crippen molar-refractivity contribution in [2.24, 2.45) is 0 Å². The normalized spacial score (nSPS) is 11.7. The Labute approximate surface area is 135 Å². The van der Waals surface area contributed by atoms with Gasteiger partial charge in [-0.2, -0.15) is 0 Å². The lowest BCUT2D eigenvalue weighted by atomic mass is 9.93. The van der Waals surface area contributed by atoms with Gasteiger partial charge in [-0.15, -0.1) is 0 Å². The van der Waals surface area contributed by atoms with Gasteiger partial charge in [0.25, 0.3) is 0 Å². The molecular weight excluding hydrogens is 284 g/mol. The van der Waals surface area contributed by atoms with E-state index < -0.39 is 0 Å². The van der Waals surface area contributed by atoms with E-state index in [0.717, 1.165) is 23.1 Å². The molecule has 112 valence electrons. The van der Waals surface area contributed by atoms with Gasteiger partial charge in [-0.3, -0.25) is 0 Å². The maximum atomic E-state index is 12.3. The van der Waals surface area contributed by atoms with Crippen molar-refractivity contribution in [1.29, 1.82) is 0 Å². The van der Waals surface area contributed by atoms with Crippen LogP contribution < -0.4 is 0 Å². The smallest absolute Gasteiger partial charge is 0.338 e. The molecule has 2 nitrogen and oxygen atoms in total. The second-order valence-electron chi connectivity index (χ2n) is 5.75. The summed E-state index contributed by atoms with van der Waals surface area (Å²) in [4.78, 5) is 12.3. The molecule has 0 bridgehead atoms. The van der Waals surface area contributed by atoms with Gasteiger partial charge in [0, 0.05) is 0 Å². The molecule has 0 radical (unpaired) electrons. The minimum absolute atomic E-state index is 0.295. The van der Waals surface area contributed by atoms with E-state index in [-0.39, 0.29) is 5.97 Å². The van der Waals surface area contributed by atoms with Gasteiger partial charge in [0.1, 0.15) is 0 Å². The Kier molecular flexibility index (Phi) is 3.23. The van der Waals surface area contributed by atoms with Crippen LogP contribution in [0.2, 0.25) is 0 Å². The number of ether oxygens (including phenoxy) is 1. The Bertz CT molecular complexity index is 895. The molecule has 3 aromatic rings. The van der Waals surface area contributed by atoms with E-state index >= 15 is 0 Å². The molecule has 3 aromatic carbocycles. The number of fused-ring (bicyclic) bond motifs is 3. The number of carbonyl (C=O) groups is 1. The van der Waals surface area contributed by atoms with Crippen molar-refractivity contribution >= 4 is 5.97 Å². The van der Waals surface area contributed by atoms with E-state index in [9.17, 15) is 4.79 Å². The van der Waals surface area contributed by atoms with Gasteiger partial charge in [-0.05, 0) is 51.9 Å². The number of esters is 1. The highest BCUT2D eigenvalue weighted by atomic mass is 16.5. The lowest BCUT2D eigenvalue weighted by Crippen LogP contribution is -2.04. The topological polar surface area (TPSA) is 26.3 Å². The molecule has 2 heteroatoms. The molecule has 0 atom stereocenters. The van der Waals surface area contributed by atoms with Gasteiger partial charge in [-0.1, -0.05) is 54.6 Å². The van der Waals surface area contributed by atoms with Crippen LogP contribution in [0.1, 0.15) is 21.5 Å². The fraction of sp³-hybridized carbons (Fsp3) is 0.0952. The largest absolute Gasteiger partial charge is 0.465 e. The number of rotatable bonds is 2. The van der Waals surface area contributed by atoms with Gasteiger partial charge in [-0.25, -0.2) is 4.79 Å². The standard InChI is InChI=1S/C21H16O2/c1-23-21(22)20-13-19-16(11-15-9-5-6-10-17(15)19)12-18(20)14-7-3-2-4-8-14/h2-10,12-13H,11H2,1H3. The van der Waals surface area contributed by atoms with Crippen molar-refractivity contribution in [3.63, 3.8) is 0 Å². The maximum Gasteiger partial charge on any atom is 0.338 e. The van der Waals surface area contributed by atoms with Crippen molar-refractivity contribution in [2.75, 3.05) is 7.11 Å². The van der Waals surface area contributed by atoms with Gasteiger partial charge in [0.05, 0.1) is 12.7 Å². The van der Waals surface area contributed by atoms with Gasteiger partial charge in [0.15, 0.2) is 0 Å². The van der Waals surface area contributed by atoms with Crippen molar-refractivity contribution in [1.82, 2.24) is 0 Å². The van der Waals surface area contributed by atoms with Crippen molar-refractivity contribution in [3.8, 4) is 22.3 Å². The SMILES string of the molecule is COC(=O)c1cc2c(cc1-c1ccccc1)Cc1ccccc1-2. The van der Waals surface area contributed by atoms with Gasteiger partial charge >= 0.3 is 5.97 Å². The van der Waals surface area contributed by atoms with Crippen molar-refractivity contribution < 1.29 is 9.53 Å². The van der Waals surface area contributed by atoms with E-state index in [0.29, 0.717) is 5.56 Å². The lowest BCUT2D eigenvalue weighted by Gasteiger charge is -2.12. The molecule has 0 N–H and O–H groups in total. The molecule has 0 spiro atoms. The molecule has 0 fully saturated rings. The average Bonchev–Trinajstić information content (AvgIpc) is 2.98. The van der Waals surface area contributed by atoms with E-state index in [1.54, 1.807) is 0 Å². The first-order chi connectivity index (χ1) is 11.3. The molecule has 23 heavy (non-hydrogen) atoms. The lowest BCUT2D eigenvalue weighted by molar-refractivity contribution is 0.0601. The Morgan fingerprint density at radius 1 is 0.826 bits per heavy atom. The Balaban J connectivity index is 1.95. The third-order valence-electron chi connectivity index (χ3n) is 4.42. The third kappa shape index (κ3) is 2.23. The van der Waals surface area contributed by atoms with Crippen LogP contribution in [0.25, 0.3) is 22.3 Å². The fourth-order valence-electron chi connectivity index (χ4n) is 3.32. The Morgan fingerprint density at radius 3 is 2.35 bits per heavy atom. The molecule has 0 heterocycles. The summed E-state index contributed by atoms with van der Waals surface area (Å²) < 4.78 is 5.01. The van der Waals surface area contributed by atoms with Gasteiger partial charge in [0.2, 0.25) is 0 Å². The second-order valence-corrected chi connectivity index (χ2v) is 5.75. The molecule has 0 unspecified atom stereocenters. The number of hydrogen-bond acceptors (Lipinski definition) is 2.